The molecule has 2 unspecified atom stereocenters. The molecular formula is C34H45N3O5. The third kappa shape index (κ3) is 9.31. The van der Waals surface area contributed by atoms with Gasteiger partial charge in [0, 0.05) is 12.2 Å². The second-order valence-electron chi connectivity index (χ2n) is 11.6. The Bertz CT molecular complexity index is 1350. The molecule has 0 aliphatic carbocycles. The normalized spacial score (nSPS) is 12.8. The summed E-state index contributed by atoms with van der Waals surface area (Å²) in [6.07, 6.45) is 3.91. The molecule has 3 rings (SSSR count). The number of carbonyl (C=O) groups excluding carboxylic acids is 3. The number of unbranched alkanes of at least 4 members (excludes halogenated alkanes) is 4. The fourth-order valence-electron chi connectivity index (χ4n) is 4.91. The summed E-state index contributed by atoms with van der Waals surface area (Å²) in [6.45, 7) is 8.83. The Kier molecular flexibility index (Phi) is 11.9. The first-order valence-corrected chi connectivity index (χ1v) is 14.8. The number of carbonyl (C=O) groups is 3. The molecule has 3 N–H and O–H groups in total. The van der Waals surface area contributed by atoms with E-state index in [1.54, 1.807) is 20.8 Å². The van der Waals surface area contributed by atoms with Crippen molar-refractivity contribution in [3.05, 3.63) is 77.9 Å². The minimum Gasteiger partial charge on any atom is -0.444 e. The summed E-state index contributed by atoms with van der Waals surface area (Å²) in [6, 6.07) is 18.7. The summed E-state index contributed by atoms with van der Waals surface area (Å²) in [5, 5.41) is 17.8. The summed E-state index contributed by atoms with van der Waals surface area (Å²) in [5.74, 6) is -0.934. The number of benzene rings is 3. The molecule has 3 aromatic carbocycles. The molecule has 0 saturated carbocycles. The van der Waals surface area contributed by atoms with E-state index in [9.17, 15) is 19.5 Å². The minimum atomic E-state index is -1.28. The maximum absolute atomic E-state index is 14.1. The van der Waals surface area contributed by atoms with Crippen molar-refractivity contribution in [3.63, 3.8) is 0 Å². The lowest BCUT2D eigenvalue weighted by atomic mass is 9.97. The highest BCUT2D eigenvalue weighted by atomic mass is 16.6. The van der Waals surface area contributed by atoms with Crippen molar-refractivity contribution >= 4 is 34.4 Å². The van der Waals surface area contributed by atoms with E-state index in [0.29, 0.717) is 17.7 Å². The quantitative estimate of drug-likeness (QED) is 0.201. The monoisotopic (exact) mass is 575 g/mol. The first-order valence-electron chi connectivity index (χ1n) is 14.8. The Morgan fingerprint density at radius 1 is 0.905 bits per heavy atom. The Morgan fingerprint density at radius 3 is 2.24 bits per heavy atom. The van der Waals surface area contributed by atoms with Crippen LogP contribution in [-0.4, -0.2) is 52.7 Å². The van der Waals surface area contributed by atoms with Crippen LogP contribution >= 0.6 is 0 Å². The standard InChI is InChI=1S/C34H45N3O5/c1-6-7-8-9-14-21-37(32(40)29(23-38)36-33(41)42-34(3,4)5)30(28-18-13-10-15-24(28)2)31(39)35-27-20-19-25-16-11-12-17-26(25)22-27/h10-13,15-20,22,29-30,38H,6-9,14,21,23H2,1-5H3,(H,35,39)(H,36,41). The number of rotatable bonds is 13. The van der Waals surface area contributed by atoms with E-state index in [-0.39, 0.29) is 12.5 Å². The van der Waals surface area contributed by atoms with Gasteiger partial charge in [0.1, 0.15) is 17.7 Å². The third-order valence-electron chi connectivity index (χ3n) is 7.02. The third-order valence-corrected chi connectivity index (χ3v) is 7.02. The summed E-state index contributed by atoms with van der Waals surface area (Å²) >= 11 is 0. The molecule has 3 aromatic rings. The van der Waals surface area contributed by atoms with E-state index in [1.807, 2.05) is 73.7 Å². The highest BCUT2D eigenvalue weighted by Gasteiger charge is 2.36. The molecule has 0 aliphatic heterocycles. The average molecular weight is 576 g/mol. The van der Waals surface area contributed by atoms with E-state index < -0.39 is 36.3 Å². The fourth-order valence-corrected chi connectivity index (χ4v) is 4.91. The molecule has 0 aromatic heterocycles. The van der Waals surface area contributed by atoms with E-state index >= 15 is 0 Å². The lowest BCUT2D eigenvalue weighted by Crippen LogP contribution is -2.54. The van der Waals surface area contributed by atoms with Gasteiger partial charge in [0.25, 0.3) is 5.91 Å². The van der Waals surface area contributed by atoms with Gasteiger partial charge in [-0.05, 0) is 68.1 Å². The predicted molar refractivity (Wildman–Crippen MR) is 167 cm³/mol. The maximum Gasteiger partial charge on any atom is 0.408 e. The molecule has 226 valence electrons. The van der Waals surface area contributed by atoms with Gasteiger partial charge in [-0.2, -0.15) is 0 Å². The highest BCUT2D eigenvalue weighted by molar-refractivity contribution is 6.00. The molecule has 0 bridgehead atoms. The number of hydrogen-bond acceptors (Lipinski definition) is 5. The molecule has 0 radical (unpaired) electrons. The molecule has 42 heavy (non-hydrogen) atoms. The van der Waals surface area contributed by atoms with Crippen molar-refractivity contribution in [1.82, 2.24) is 10.2 Å². The maximum atomic E-state index is 14.1. The number of hydrogen-bond donors (Lipinski definition) is 3. The SMILES string of the molecule is CCCCCCCN(C(=O)C(CO)NC(=O)OC(C)(C)C)C(C(=O)Nc1ccc2ccccc2c1)c1ccccc1C. The van der Waals surface area contributed by atoms with Gasteiger partial charge < -0.3 is 25.4 Å². The van der Waals surface area contributed by atoms with Crippen molar-refractivity contribution in [2.45, 2.75) is 84.4 Å². The van der Waals surface area contributed by atoms with E-state index in [4.69, 9.17) is 4.74 Å². The van der Waals surface area contributed by atoms with Gasteiger partial charge >= 0.3 is 6.09 Å². The summed E-state index contributed by atoms with van der Waals surface area (Å²) in [7, 11) is 0. The largest absolute Gasteiger partial charge is 0.444 e. The number of alkyl carbamates (subject to hydrolysis) is 1. The number of aliphatic hydroxyl groups excluding tert-OH is 1. The number of fused-ring (bicyclic) bond motifs is 1. The van der Waals surface area contributed by atoms with Crippen LogP contribution in [0.5, 0.6) is 0 Å². The Hall–Kier alpha value is -3.91. The number of anilines is 1. The predicted octanol–water partition coefficient (Wildman–Crippen LogP) is 6.51. The smallest absolute Gasteiger partial charge is 0.408 e. The Balaban J connectivity index is 1.99. The van der Waals surface area contributed by atoms with Crippen LogP contribution in [-0.2, 0) is 14.3 Å². The number of aryl methyl sites for hydroxylation is 1. The minimum absolute atomic E-state index is 0.277. The van der Waals surface area contributed by atoms with Crippen LogP contribution in [0.1, 0.15) is 77.0 Å². The number of aliphatic hydroxyl groups is 1. The van der Waals surface area contributed by atoms with Crippen LogP contribution in [0.4, 0.5) is 10.5 Å². The fraction of sp³-hybridized carbons (Fsp3) is 0.441. The van der Waals surface area contributed by atoms with Gasteiger partial charge in [-0.3, -0.25) is 9.59 Å². The summed E-state index contributed by atoms with van der Waals surface area (Å²) in [4.78, 5) is 42.3. The van der Waals surface area contributed by atoms with E-state index in [2.05, 4.69) is 17.6 Å². The van der Waals surface area contributed by atoms with Crippen LogP contribution < -0.4 is 10.6 Å². The average Bonchev–Trinajstić information content (AvgIpc) is 2.94. The molecule has 2 atom stereocenters. The van der Waals surface area contributed by atoms with Crippen LogP contribution in [0.2, 0.25) is 0 Å². The van der Waals surface area contributed by atoms with E-state index in [1.165, 1.54) is 4.90 Å². The van der Waals surface area contributed by atoms with Crippen LogP contribution in [0.15, 0.2) is 66.7 Å². The molecule has 8 nitrogen and oxygen atoms in total. The number of nitrogens with one attached hydrogen (secondary N) is 2. The van der Waals surface area contributed by atoms with Crippen molar-refractivity contribution in [2.75, 3.05) is 18.5 Å². The molecule has 0 heterocycles. The summed E-state index contributed by atoms with van der Waals surface area (Å²) < 4.78 is 5.34. The highest BCUT2D eigenvalue weighted by Crippen LogP contribution is 2.28. The zero-order valence-electron chi connectivity index (χ0n) is 25.5. The van der Waals surface area contributed by atoms with Gasteiger partial charge in [0.2, 0.25) is 5.91 Å². The van der Waals surface area contributed by atoms with Crippen molar-refractivity contribution in [2.24, 2.45) is 0 Å². The van der Waals surface area contributed by atoms with Crippen LogP contribution in [0.3, 0.4) is 0 Å². The van der Waals surface area contributed by atoms with Crippen LogP contribution in [0, 0.1) is 6.92 Å². The number of ether oxygens (including phenoxy) is 1. The zero-order valence-corrected chi connectivity index (χ0v) is 25.5. The number of amides is 3. The molecule has 0 saturated heterocycles. The van der Waals surface area contributed by atoms with Gasteiger partial charge in [0.15, 0.2) is 0 Å². The Labute approximate surface area is 249 Å². The molecule has 0 aliphatic rings. The molecule has 0 spiro atoms. The molecule has 0 fully saturated rings. The Morgan fingerprint density at radius 2 is 1.57 bits per heavy atom. The molecule has 8 heteroatoms. The molecular weight excluding hydrogens is 530 g/mol. The zero-order chi connectivity index (χ0) is 30.7. The second-order valence-corrected chi connectivity index (χ2v) is 11.6. The van der Waals surface area contributed by atoms with Crippen LogP contribution in [0.25, 0.3) is 10.8 Å². The molecule has 3 amide bonds. The van der Waals surface area contributed by atoms with Gasteiger partial charge in [0.05, 0.1) is 6.61 Å². The van der Waals surface area contributed by atoms with Gasteiger partial charge in [-0.15, -0.1) is 0 Å². The van der Waals surface area contributed by atoms with Crippen molar-refractivity contribution in [1.29, 1.82) is 0 Å². The number of nitrogens with zero attached hydrogens (tertiary/aromatic N) is 1. The van der Waals surface area contributed by atoms with Crippen molar-refractivity contribution in [3.8, 4) is 0 Å². The lowest BCUT2D eigenvalue weighted by molar-refractivity contribution is -0.141. The van der Waals surface area contributed by atoms with Gasteiger partial charge in [-0.1, -0.05) is 87.2 Å². The van der Waals surface area contributed by atoms with E-state index in [0.717, 1.165) is 42.0 Å². The first kappa shape index (κ1) is 32.6. The first-order chi connectivity index (χ1) is 20.0. The summed E-state index contributed by atoms with van der Waals surface area (Å²) in [5.41, 5.74) is 1.35. The second kappa shape index (κ2) is 15.4. The topological polar surface area (TPSA) is 108 Å². The van der Waals surface area contributed by atoms with Crippen molar-refractivity contribution < 1.29 is 24.2 Å². The lowest BCUT2D eigenvalue weighted by Gasteiger charge is -2.34. The van der Waals surface area contributed by atoms with Gasteiger partial charge in [-0.25, -0.2) is 4.79 Å².